The summed E-state index contributed by atoms with van der Waals surface area (Å²) in [7, 11) is 0. The normalized spacial score (nSPS) is 12.6. The van der Waals surface area contributed by atoms with Crippen LogP contribution in [0.2, 0.25) is 0 Å². The van der Waals surface area contributed by atoms with Gasteiger partial charge in [-0.3, -0.25) is 4.79 Å². The fourth-order valence-corrected chi connectivity index (χ4v) is 1.27. The molecule has 0 saturated carbocycles. The lowest BCUT2D eigenvalue weighted by molar-refractivity contribution is -0.139. The van der Waals surface area contributed by atoms with Crippen LogP contribution in [0.15, 0.2) is 18.2 Å². The molecular formula is C11H9F3N2O2. The molecule has 7 heteroatoms. The molecule has 0 spiro atoms. The third kappa shape index (κ3) is 3.13. The molecule has 1 aromatic carbocycles. The summed E-state index contributed by atoms with van der Waals surface area (Å²) in [6.07, 6.45) is -4.66. The van der Waals surface area contributed by atoms with E-state index in [2.05, 4.69) is 5.32 Å². The third-order valence-corrected chi connectivity index (χ3v) is 2.20. The Balaban J connectivity index is 3.20. The maximum Gasteiger partial charge on any atom is 0.418 e. The highest BCUT2D eigenvalue weighted by molar-refractivity contribution is 5.77. The van der Waals surface area contributed by atoms with Crippen LogP contribution >= 0.6 is 0 Å². The van der Waals surface area contributed by atoms with Crippen LogP contribution < -0.4 is 5.32 Å². The average molecular weight is 258 g/mol. The summed E-state index contributed by atoms with van der Waals surface area (Å²) in [6.45, 7) is 1.22. The van der Waals surface area contributed by atoms with Crippen LogP contribution in [0.5, 0.6) is 0 Å². The largest absolute Gasteiger partial charge is 0.480 e. The zero-order chi connectivity index (χ0) is 13.9. The maximum atomic E-state index is 12.7. The average Bonchev–Trinajstić information content (AvgIpc) is 2.27. The van der Waals surface area contributed by atoms with Crippen molar-refractivity contribution in [3.8, 4) is 6.07 Å². The van der Waals surface area contributed by atoms with Gasteiger partial charge in [0.25, 0.3) is 0 Å². The first kappa shape index (κ1) is 13.8. The van der Waals surface area contributed by atoms with Crippen molar-refractivity contribution in [1.82, 2.24) is 0 Å². The highest BCUT2D eigenvalue weighted by atomic mass is 19.4. The number of benzene rings is 1. The van der Waals surface area contributed by atoms with E-state index in [1.54, 1.807) is 6.07 Å². The molecule has 1 atom stereocenters. The van der Waals surface area contributed by atoms with E-state index >= 15 is 0 Å². The molecule has 4 nitrogen and oxygen atoms in total. The Kier molecular flexibility index (Phi) is 3.81. The Labute approximate surface area is 101 Å². The van der Waals surface area contributed by atoms with E-state index in [1.807, 2.05) is 0 Å². The number of alkyl halides is 3. The smallest absolute Gasteiger partial charge is 0.418 e. The molecule has 0 aliphatic rings. The molecule has 0 aliphatic heterocycles. The molecule has 0 aliphatic carbocycles. The van der Waals surface area contributed by atoms with E-state index in [-0.39, 0.29) is 11.3 Å². The Hall–Kier alpha value is -2.23. The van der Waals surface area contributed by atoms with Crippen LogP contribution in [0, 0.1) is 11.3 Å². The number of nitrogens with one attached hydrogen (secondary N) is 1. The molecular weight excluding hydrogens is 249 g/mol. The minimum atomic E-state index is -4.66. The molecule has 1 aromatic rings. The van der Waals surface area contributed by atoms with Crippen molar-refractivity contribution >= 4 is 11.7 Å². The molecule has 18 heavy (non-hydrogen) atoms. The Morgan fingerprint density at radius 1 is 1.50 bits per heavy atom. The van der Waals surface area contributed by atoms with Crippen LogP contribution in [0.25, 0.3) is 0 Å². The molecule has 2 N–H and O–H groups in total. The van der Waals surface area contributed by atoms with E-state index in [4.69, 9.17) is 10.4 Å². The summed E-state index contributed by atoms with van der Waals surface area (Å²) < 4.78 is 38.2. The Bertz CT molecular complexity index is 506. The van der Waals surface area contributed by atoms with Crippen LogP contribution in [0.3, 0.4) is 0 Å². The van der Waals surface area contributed by atoms with Crippen LogP contribution in [0.1, 0.15) is 18.1 Å². The number of rotatable bonds is 3. The van der Waals surface area contributed by atoms with Crippen LogP contribution in [0.4, 0.5) is 18.9 Å². The topological polar surface area (TPSA) is 73.1 Å². The minimum Gasteiger partial charge on any atom is -0.480 e. The summed E-state index contributed by atoms with van der Waals surface area (Å²) in [5, 5.41) is 19.4. The highest BCUT2D eigenvalue weighted by Crippen LogP contribution is 2.35. The molecule has 1 unspecified atom stereocenters. The Morgan fingerprint density at radius 2 is 2.11 bits per heavy atom. The molecule has 96 valence electrons. The van der Waals surface area contributed by atoms with E-state index < -0.39 is 23.8 Å². The monoisotopic (exact) mass is 258 g/mol. The van der Waals surface area contributed by atoms with Crippen LogP contribution in [-0.4, -0.2) is 17.1 Å². The summed E-state index contributed by atoms with van der Waals surface area (Å²) >= 11 is 0. The second-order valence-electron chi connectivity index (χ2n) is 3.57. The van der Waals surface area contributed by atoms with Crippen molar-refractivity contribution in [2.75, 3.05) is 5.32 Å². The lowest BCUT2D eigenvalue weighted by Gasteiger charge is -2.17. The van der Waals surface area contributed by atoms with Gasteiger partial charge in [0, 0.05) is 5.69 Å². The van der Waals surface area contributed by atoms with E-state index in [9.17, 15) is 18.0 Å². The van der Waals surface area contributed by atoms with Gasteiger partial charge in [0.15, 0.2) is 0 Å². The number of hydrogen-bond acceptors (Lipinski definition) is 3. The quantitative estimate of drug-likeness (QED) is 0.873. The molecule has 0 saturated heterocycles. The minimum absolute atomic E-state index is 0.143. The summed E-state index contributed by atoms with van der Waals surface area (Å²) in [6, 6.07) is 3.34. The SMILES string of the molecule is CC(Nc1ccc(C#N)cc1C(F)(F)F)C(=O)O. The summed E-state index contributed by atoms with van der Waals surface area (Å²) in [5.41, 5.74) is -1.57. The molecule has 0 heterocycles. The molecule has 1 rings (SSSR count). The Morgan fingerprint density at radius 3 is 2.56 bits per heavy atom. The zero-order valence-corrected chi connectivity index (χ0v) is 9.25. The number of halogens is 3. The first-order valence-electron chi connectivity index (χ1n) is 4.86. The molecule has 0 radical (unpaired) electrons. The van der Waals surface area contributed by atoms with Crippen molar-refractivity contribution in [3.63, 3.8) is 0 Å². The van der Waals surface area contributed by atoms with Gasteiger partial charge in [-0.2, -0.15) is 18.4 Å². The number of aliphatic carboxylic acids is 1. The number of carboxylic acids is 1. The fourth-order valence-electron chi connectivity index (χ4n) is 1.27. The van der Waals surface area contributed by atoms with E-state index in [0.29, 0.717) is 6.07 Å². The predicted molar refractivity (Wildman–Crippen MR) is 56.9 cm³/mol. The van der Waals surface area contributed by atoms with Gasteiger partial charge >= 0.3 is 12.1 Å². The first-order chi connectivity index (χ1) is 8.25. The van der Waals surface area contributed by atoms with Crippen molar-refractivity contribution in [3.05, 3.63) is 29.3 Å². The van der Waals surface area contributed by atoms with Gasteiger partial charge in [0.2, 0.25) is 0 Å². The molecule has 0 fully saturated rings. The van der Waals surface area contributed by atoms with Crippen molar-refractivity contribution in [2.24, 2.45) is 0 Å². The molecule has 0 aromatic heterocycles. The number of anilines is 1. The fraction of sp³-hybridized carbons (Fsp3) is 0.273. The first-order valence-corrected chi connectivity index (χ1v) is 4.86. The maximum absolute atomic E-state index is 12.7. The number of carbonyl (C=O) groups is 1. The third-order valence-electron chi connectivity index (χ3n) is 2.20. The van der Waals surface area contributed by atoms with Gasteiger partial charge in [-0.25, -0.2) is 0 Å². The lowest BCUT2D eigenvalue weighted by Crippen LogP contribution is -2.26. The standard InChI is InChI=1S/C11H9F3N2O2/c1-6(10(17)18)16-9-3-2-7(5-15)4-8(9)11(12,13)14/h2-4,6,16H,1H3,(H,17,18). The van der Waals surface area contributed by atoms with Gasteiger partial charge in [0.05, 0.1) is 17.2 Å². The molecule has 0 bridgehead atoms. The number of hydrogen-bond donors (Lipinski definition) is 2. The van der Waals surface area contributed by atoms with Gasteiger partial charge in [-0.15, -0.1) is 0 Å². The highest BCUT2D eigenvalue weighted by Gasteiger charge is 2.34. The zero-order valence-electron chi connectivity index (χ0n) is 9.25. The second-order valence-corrected chi connectivity index (χ2v) is 3.57. The second kappa shape index (κ2) is 4.96. The van der Waals surface area contributed by atoms with Crippen molar-refractivity contribution < 1.29 is 23.1 Å². The van der Waals surface area contributed by atoms with Crippen molar-refractivity contribution in [1.29, 1.82) is 5.26 Å². The number of carboxylic acid groups (broad SMARTS) is 1. The number of nitrogens with zero attached hydrogens (tertiary/aromatic N) is 1. The van der Waals surface area contributed by atoms with Crippen molar-refractivity contribution in [2.45, 2.75) is 19.1 Å². The van der Waals surface area contributed by atoms with Crippen LogP contribution in [-0.2, 0) is 11.0 Å². The summed E-state index contributed by atoms with van der Waals surface area (Å²) in [4.78, 5) is 10.6. The predicted octanol–water partition coefficient (Wildman–Crippen LogP) is 2.46. The van der Waals surface area contributed by atoms with Gasteiger partial charge in [-0.1, -0.05) is 0 Å². The van der Waals surface area contributed by atoms with E-state index in [0.717, 1.165) is 6.07 Å². The van der Waals surface area contributed by atoms with E-state index in [1.165, 1.54) is 13.0 Å². The van der Waals surface area contributed by atoms with Gasteiger partial charge in [-0.05, 0) is 25.1 Å². The summed E-state index contributed by atoms with van der Waals surface area (Å²) in [5.74, 6) is -1.27. The van der Waals surface area contributed by atoms with Gasteiger partial charge in [0.1, 0.15) is 6.04 Å². The number of nitriles is 1. The molecule has 0 amide bonds. The van der Waals surface area contributed by atoms with Gasteiger partial charge < -0.3 is 10.4 Å². The lowest BCUT2D eigenvalue weighted by atomic mass is 10.1.